The van der Waals surface area contributed by atoms with Crippen molar-refractivity contribution < 1.29 is 18.4 Å². The number of carbonyl (C=O) groups is 2. The number of nitrogens with zero attached hydrogens (tertiary/aromatic N) is 2. The number of fused-ring (bicyclic) bond motifs is 1. The fourth-order valence-electron chi connectivity index (χ4n) is 3.69. The number of hydrogen-bond donors (Lipinski definition) is 1. The van der Waals surface area contributed by atoms with E-state index in [2.05, 4.69) is 5.32 Å². The molecule has 0 bridgehead atoms. The van der Waals surface area contributed by atoms with E-state index in [0.717, 1.165) is 24.8 Å². The Kier molecular flexibility index (Phi) is 5.20. The predicted octanol–water partition coefficient (Wildman–Crippen LogP) is 1.84. The van der Waals surface area contributed by atoms with Crippen molar-refractivity contribution in [3.63, 3.8) is 0 Å². The van der Waals surface area contributed by atoms with Gasteiger partial charge in [-0.3, -0.25) is 9.59 Å². The topological polar surface area (TPSA) is 52.7 Å². The van der Waals surface area contributed by atoms with E-state index < -0.39 is 11.6 Å². The summed E-state index contributed by atoms with van der Waals surface area (Å²) in [6.07, 6.45) is 3.19. The predicted molar refractivity (Wildman–Crippen MR) is 90.3 cm³/mol. The molecule has 0 radical (unpaired) electrons. The second-order valence-electron chi connectivity index (χ2n) is 6.80. The number of amides is 2. The Morgan fingerprint density at radius 1 is 1.20 bits per heavy atom. The summed E-state index contributed by atoms with van der Waals surface area (Å²) < 4.78 is 27.0. The molecular formula is C18H23F2N3O2. The minimum atomic E-state index is -0.887. The van der Waals surface area contributed by atoms with E-state index in [0.29, 0.717) is 31.7 Å². The van der Waals surface area contributed by atoms with Crippen LogP contribution in [0.2, 0.25) is 0 Å². The van der Waals surface area contributed by atoms with Gasteiger partial charge in [0.05, 0.1) is 6.54 Å². The van der Waals surface area contributed by atoms with Crippen molar-refractivity contribution in [1.29, 1.82) is 0 Å². The Morgan fingerprint density at radius 2 is 1.96 bits per heavy atom. The van der Waals surface area contributed by atoms with E-state index >= 15 is 0 Å². The Bertz CT molecular complexity index is 681. The SMILES string of the molecule is CC(=O)NC1CCCN(C(=O)CN2CCCc3cc(F)c(F)cc32)C1. The number of carbonyl (C=O) groups excluding carboxylic acids is 2. The van der Waals surface area contributed by atoms with E-state index in [-0.39, 0.29) is 24.4 Å². The molecule has 1 N–H and O–H groups in total. The van der Waals surface area contributed by atoms with Crippen LogP contribution in [0.3, 0.4) is 0 Å². The fourth-order valence-corrected chi connectivity index (χ4v) is 3.69. The molecule has 0 aliphatic carbocycles. The van der Waals surface area contributed by atoms with Crippen molar-refractivity contribution in [1.82, 2.24) is 10.2 Å². The number of anilines is 1. The Morgan fingerprint density at radius 3 is 2.72 bits per heavy atom. The zero-order valence-electron chi connectivity index (χ0n) is 14.4. The van der Waals surface area contributed by atoms with Crippen LogP contribution in [0, 0.1) is 11.6 Å². The molecular weight excluding hydrogens is 328 g/mol. The van der Waals surface area contributed by atoms with Gasteiger partial charge in [-0.25, -0.2) is 8.78 Å². The Hall–Kier alpha value is -2.18. The Labute approximate surface area is 146 Å². The molecule has 1 unspecified atom stereocenters. The zero-order valence-corrected chi connectivity index (χ0v) is 14.4. The number of aryl methyl sites for hydroxylation is 1. The van der Waals surface area contributed by atoms with Gasteiger partial charge >= 0.3 is 0 Å². The smallest absolute Gasteiger partial charge is 0.242 e. The van der Waals surface area contributed by atoms with Gasteiger partial charge in [0.2, 0.25) is 11.8 Å². The molecule has 1 aromatic carbocycles. The summed E-state index contributed by atoms with van der Waals surface area (Å²) in [4.78, 5) is 27.4. The second-order valence-corrected chi connectivity index (χ2v) is 6.80. The number of halogens is 2. The molecule has 25 heavy (non-hydrogen) atoms. The highest BCUT2D eigenvalue weighted by Gasteiger charge is 2.27. The zero-order chi connectivity index (χ0) is 18.0. The van der Waals surface area contributed by atoms with Crippen molar-refractivity contribution in [2.24, 2.45) is 0 Å². The van der Waals surface area contributed by atoms with Crippen LogP contribution in [-0.4, -0.2) is 48.9 Å². The summed E-state index contributed by atoms with van der Waals surface area (Å²) in [7, 11) is 0. The standard InChI is InChI=1S/C18H23F2N3O2/c1-12(24)21-14-5-3-7-23(10-14)18(25)11-22-6-2-4-13-8-15(19)16(20)9-17(13)22/h8-9,14H,2-7,10-11H2,1H3,(H,21,24). The van der Waals surface area contributed by atoms with E-state index in [9.17, 15) is 18.4 Å². The summed E-state index contributed by atoms with van der Waals surface area (Å²) in [5.41, 5.74) is 1.35. The monoisotopic (exact) mass is 351 g/mol. The molecule has 7 heteroatoms. The largest absolute Gasteiger partial charge is 0.362 e. The summed E-state index contributed by atoms with van der Waals surface area (Å²) in [6, 6.07) is 2.40. The molecule has 1 fully saturated rings. The van der Waals surface area contributed by atoms with E-state index in [4.69, 9.17) is 0 Å². The van der Waals surface area contributed by atoms with Gasteiger partial charge in [-0.05, 0) is 37.3 Å². The molecule has 0 aromatic heterocycles. The number of hydrogen-bond acceptors (Lipinski definition) is 3. The van der Waals surface area contributed by atoms with Crippen LogP contribution < -0.4 is 10.2 Å². The van der Waals surface area contributed by atoms with Crippen LogP contribution in [0.25, 0.3) is 0 Å². The number of benzene rings is 1. The second kappa shape index (κ2) is 7.37. The van der Waals surface area contributed by atoms with Crippen molar-refractivity contribution in [3.8, 4) is 0 Å². The fraction of sp³-hybridized carbons (Fsp3) is 0.556. The molecule has 0 spiro atoms. The van der Waals surface area contributed by atoms with Gasteiger partial charge in [-0.2, -0.15) is 0 Å². The van der Waals surface area contributed by atoms with Gasteiger partial charge in [0.15, 0.2) is 11.6 Å². The van der Waals surface area contributed by atoms with Gasteiger partial charge in [0.1, 0.15) is 0 Å². The van der Waals surface area contributed by atoms with Gasteiger partial charge < -0.3 is 15.1 Å². The molecule has 0 saturated carbocycles. The minimum Gasteiger partial charge on any atom is -0.362 e. The highest BCUT2D eigenvalue weighted by Crippen LogP contribution is 2.29. The first kappa shape index (κ1) is 17.6. The highest BCUT2D eigenvalue weighted by atomic mass is 19.2. The number of nitrogens with one attached hydrogen (secondary N) is 1. The summed E-state index contributed by atoms with van der Waals surface area (Å²) in [6.45, 7) is 3.42. The first-order chi connectivity index (χ1) is 11.9. The molecule has 1 atom stereocenters. The lowest BCUT2D eigenvalue weighted by Gasteiger charge is -2.36. The van der Waals surface area contributed by atoms with Gasteiger partial charge in [0.25, 0.3) is 0 Å². The Balaban J connectivity index is 1.68. The highest BCUT2D eigenvalue weighted by molar-refractivity contribution is 5.82. The third-order valence-corrected chi connectivity index (χ3v) is 4.84. The molecule has 2 aliphatic rings. The van der Waals surface area contributed by atoms with Crippen molar-refractivity contribution in [2.45, 2.75) is 38.6 Å². The van der Waals surface area contributed by atoms with E-state index in [1.54, 1.807) is 4.90 Å². The lowest BCUT2D eigenvalue weighted by atomic mass is 10.0. The first-order valence-corrected chi connectivity index (χ1v) is 8.72. The van der Waals surface area contributed by atoms with Gasteiger partial charge in [-0.15, -0.1) is 0 Å². The van der Waals surface area contributed by atoms with Crippen molar-refractivity contribution >= 4 is 17.5 Å². The van der Waals surface area contributed by atoms with Gasteiger partial charge in [-0.1, -0.05) is 0 Å². The normalized spacial score (nSPS) is 20.2. The van der Waals surface area contributed by atoms with Crippen LogP contribution in [0.15, 0.2) is 12.1 Å². The summed E-state index contributed by atoms with van der Waals surface area (Å²) in [5.74, 6) is -1.88. The molecule has 2 amide bonds. The van der Waals surface area contributed by atoms with E-state index in [1.165, 1.54) is 19.1 Å². The lowest BCUT2D eigenvalue weighted by Crippen LogP contribution is -2.51. The number of rotatable bonds is 3. The van der Waals surface area contributed by atoms with Crippen molar-refractivity contribution in [2.75, 3.05) is 31.1 Å². The number of likely N-dealkylation sites (tertiary alicyclic amines) is 1. The maximum atomic E-state index is 13.6. The molecule has 1 aromatic rings. The third-order valence-electron chi connectivity index (χ3n) is 4.84. The third kappa shape index (κ3) is 4.08. The average molecular weight is 351 g/mol. The molecule has 2 heterocycles. The van der Waals surface area contributed by atoms with Crippen molar-refractivity contribution in [3.05, 3.63) is 29.3 Å². The molecule has 5 nitrogen and oxygen atoms in total. The minimum absolute atomic E-state index is 0.0182. The van der Waals surface area contributed by atoms with E-state index in [1.807, 2.05) is 4.90 Å². The maximum Gasteiger partial charge on any atom is 0.242 e. The average Bonchev–Trinajstić information content (AvgIpc) is 2.56. The number of piperidine rings is 1. The molecule has 2 aliphatic heterocycles. The quantitative estimate of drug-likeness (QED) is 0.904. The van der Waals surface area contributed by atoms with Crippen LogP contribution in [0.1, 0.15) is 31.7 Å². The van der Waals surface area contributed by atoms with Crippen LogP contribution in [-0.2, 0) is 16.0 Å². The molecule has 136 valence electrons. The summed E-state index contributed by atoms with van der Waals surface area (Å²) in [5, 5.41) is 2.86. The van der Waals surface area contributed by atoms with Crippen LogP contribution in [0.4, 0.5) is 14.5 Å². The van der Waals surface area contributed by atoms with Crippen LogP contribution >= 0.6 is 0 Å². The van der Waals surface area contributed by atoms with Gasteiger partial charge in [0, 0.05) is 44.4 Å². The molecule has 3 rings (SSSR count). The molecule has 1 saturated heterocycles. The lowest BCUT2D eigenvalue weighted by molar-refractivity contribution is -0.132. The van der Waals surface area contributed by atoms with Crippen LogP contribution in [0.5, 0.6) is 0 Å². The summed E-state index contributed by atoms with van der Waals surface area (Å²) >= 11 is 0. The first-order valence-electron chi connectivity index (χ1n) is 8.72. The maximum absolute atomic E-state index is 13.6.